The molecule has 0 radical (unpaired) electrons. The molecule has 25 heavy (non-hydrogen) atoms. The minimum absolute atomic E-state index is 0.628. The number of carbonyl (C=O) groups is 1. The van der Waals surface area contributed by atoms with Gasteiger partial charge >= 0.3 is 0 Å². The van der Waals surface area contributed by atoms with E-state index in [9.17, 15) is 4.79 Å². The molecule has 0 saturated carbocycles. The van der Waals surface area contributed by atoms with Gasteiger partial charge in [-0.15, -0.1) is 0 Å². The van der Waals surface area contributed by atoms with Crippen molar-refractivity contribution in [1.82, 2.24) is 0 Å². The van der Waals surface area contributed by atoms with Crippen LogP contribution in [-0.4, -0.2) is 25.7 Å². The molecule has 0 saturated heterocycles. The number of hydrogen-bond donors (Lipinski definition) is 1. The molecule has 130 valence electrons. The van der Waals surface area contributed by atoms with Crippen LogP contribution in [0.5, 0.6) is 0 Å². The van der Waals surface area contributed by atoms with Gasteiger partial charge in [0.2, 0.25) is 0 Å². The molecule has 0 atom stereocenters. The van der Waals surface area contributed by atoms with E-state index in [0.717, 1.165) is 55.7 Å². The van der Waals surface area contributed by atoms with E-state index in [1.54, 1.807) is 0 Å². The number of amidine groups is 1. The van der Waals surface area contributed by atoms with Gasteiger partial charge in [0.05, 0.1) is 5.69 Å². The molecule has 1 heterocycles. The number of carbonyl (C=O) groups excluding carboxylic acids is 1. The standard InChI is InChI=1S/C21H25N3O/c1-3-4-9-21(23-20-8-6-5-7-17(20)15-25)24(2)18-10-11-19-16(14-18)12-13-22-19/h5-8,10-11,14-15,22H,3-4,9,12-13H2,1-2H3. The minimum Gasteiger partial charge on any atom is -0.384 e. The van der Waals surface area contributed by atoms with Crippen LogP contribution < -0.4 is 10.2 Å². The average molecular weight is 335 g/mol. The van der Waals surface area contributed by atoms with E-state index < -0.39 is 0 Å². The third kappa shape index (κ3) is 3.90. The summed E-state index contributed by atoms with van der Waals surface area (Å²) < 4.78 is 0. The molecular formula is C21H25N3O. The van der Waals surface area contributed by atoms with E-state index in [1.165, 1.54) is 11.3 Å². The molecule has 1 N–H and O–H groups in total. The van der Waals surface area contributed by atoms with Gasteiger partial charge in [-0.3, -0.25) is 4.79 Å². The Morgan fingerprint density at radius 3 is 2.92 bits per heavy atom. The molecule has 4 nitrogen and oxygen atoms in total. The molecule has 0 spiro atoms. The first-order valence-electron chi connectivity index (χ1n) is 8.95. The van der Waals surface area contributed by atoms with Crippen molar-refractivity contribution in [3.05, 3.63) is 53.6 Å². The van der Waals surface area contributed by atoms with Crippen molar-refractivity contribution in [2.75, 3.05) is 23.8 Å². The number of hydrogen-bond acceptors (Lipinski definition) is 3. The minimum atomic E-state index is 0.628. The maximum Gasteiger partial charge on any atom is 0.152 e. The number of aliphatic imine (C=N–C) groups is 1. The molecule has 0 aromatic heterocycles. The topological polar surface area (TPSA) is 44.7 Å². The van der Waals surface area contributed by atoms with Gasteiger partial charge in [0, 0.05) is 37.0 Å². The Morgan fingerprint density at radius 2 is 2.12 bits per heavy atom. The van der Waals surface area contributed by atoms with E-state index in [0.29, 0.717) is 5.56 Å². The van der Waals surface area contributed by atoms with Crippen LogP contribution >= 0.6 is 0 Å². The van der Waals surface area contributed by atoms with E-state index in [4.69, 9.17) is 4.99 Å². The third-order valence-electron chi connectivity index (χ3n) is 4.64. The maximum atomic E-state index is 11.3. The Bertz CT molecular complexity index is 782. The Labute approximate surface area is 149 Å². The number of fused-ring (bicyclic) bond motifs is 1. The average Bonchev–Trinajstić information content (AvgIpc) is 3.12. The van der Waals surface area contributed by atoms with E-state index in [-0.39, 0.29) is 0 Å². The molecule has 2 aromatic rings. The second-order valence-corrected chi connectivity index (χ2v) is 6.39. The fourth-order valence-corrected chi connectivity index (χ4v) is 3.11. The van der Waals surface area contributed by atoms with Crippen LogP contribution in [0.2, 0.25) is 0 Å². The molecule has 0 amide bonds. The SMILES string of the molecule is CCCCC(=Nc1ccccc1C=O)N(C)c1ccc2c(c1)CCN2. The van der Waals surface area contributed by atoms with Gasteiger partial charge in [-0.1, -0.05) is 25.5 Å². The Balaban J connectivity index is 1.94. The Kier molecular flexibility index (Phi) is 5.49. The predicted octanol–water partition coefficient (Wildman–Crippen LogP) is 4.82. The maximum absolute atomic E-state index is 11.3. The summed E-state index contributed by atoms with van der Waals surface area (Å²) in [6.45, 7) is 3.18. The highest BCUT2D eigenvalue weighted by atomic mass is 16.1. The van der Waals surface area contributed by atoms with Crippen molar-refractivity contribution in [2.45, 2.75) is 32.6 Å². The lowest BCUT2D eigenvalue weighted by Gasteiger charge is -2.22. The summed E-state index contributed by atoms with van der Waals surface area (Å²) in [6, 6.07) is 14.0. The van der Waals surface area contributed by atoms with Crippen molar-refractivity contribution in [2.24, 2.45) is 4.99 Å². The van der Waals surface area contributed by atoms with Gasteiger partial charge in [0.15, 0.2) is 6.29 Å². The van der Waals surface area contributed by atoms with Gasteiger partial charge < -0.3 is 10.2 Å². The first-order valence-corrected chi connectivity index (χ1v) is 8.95. The zero-order valence-electron chi connectivity index (χ0n) is 15.0. The van der Waals surface area contributed by atoms with E-state index >= 15 is 0 Å². The van der Waals surface area contributed by atoms with E-state index in [1.807, 2.05) is 24.3 Å². The molecular weight excluding hydrogens is 310 g/mol. The van der Waals surface area contributed by atoms with Crippen molar-refractivity contribution in [3.63, 3.8) is 0 Å². The van der Waals surface area contributed by atoms with Crippen LogP contribution in [0.4, 0.5) is 17.1 Å². The number of para-hydroxylation sites is 1. The van der Waals surface area contributed by atoms with Crippen LogP contribution in [0.15, 0.2) is 47.5 Å². The van der Waals surface area contributed by atoms with Crippen LogP contribution in [0.25, 0.3) is 0 Å². The number of nitrogens with zero attached hydrogens (tertiary/aromatic N) is 2. The van der Waals surface area contributed by atoms with Crippen LogP contribution in [0, 0.1) is 0 Å². The fraction of sp³-hybridized carbons (Fsp3) is 0.333. The van der Waals surface area contributed by atoms with Crippen molar-refractivity contribution in [3.8, 4) is 0 Å². The molecule has 0 aliphatic carbocycles. The first-order chi connectivity index (χ1) is 12.2. The zero-order valence-corrected chi connectivity index (χ0v) is 15.0. The first kappa shape index (κ1) is 17.2. The molecule has 0 fully saturated rings. The highest BCUT2D eigenvalue weighted by molar-refractivity contribution is 6.00. The summed E-state index contributed by atoms with van der Waals surface area (Å²) in [6.07, 6.45) is 4.99. The largest absolute Gasteiger partial charge is 0.384 e. The van der Waals surface area contributed by atoms with Crippen LogP contribution in [0.3, 0.4) is 0 Å². The van der Waals surface area contributed by atoms with Gasteiger partial charge in [-0.05, 0) is 48.7 Å². The lowest BCUT2D eigenvalue weighted by Crippen LogP contribution is -2.26. The monoisotopic (exact) mass is 335 g/mol. The summed E-state index contributed by atoms with van der Waals surface area (Å²) in [5, 5.41) is 3.40. The number of nitrogens with one attached hydrogen (secondary N) is 1. The molecule has 0 unspecified atom stereocenters. The predicted molar refractivity (Wildman–Crippen MR) is 105 cm³/mol. The van der Waals surface area contributed by atoms with Crippen molar-refractivity contribution >= 4 is 29.2 Å². The van der Waals surface area contributed by atoms with E-state index in [2.05, 4.69) is 42.4 Å². The zero-order chi connectivity index (χ0) is 17.6. The number of anilines is 2. The summed E-state index contributed by atoms with van der Waals surface area (Å²) in [4.78, 5) is 18.3. The summed E-state index contributed by atoms with van der Waals surface area (Å²) >= 11 is 0. The fourth-order valence-electron chi connectivity index (χ4n) is 3.11. The third-order valence-corrected chi connectivity index (χ3v) is 4.64. The highest BCUT2D eigenvalue weighted by Gasteiger charge is 2.15. The summed E-state index contributed by atoms with van der Waals surface area (Å²) in [7, 11) is 2.06. The number of aldehydes is 1. The molecule has 3 rings (SSSR count). The van der Waals surface area contributed by atoms with Gasteiger partial charge in [-0.25, -0.2) is 4.99 Å². The number of benzene rings is 2. The van der Waals surface area contributed by atoms with Gasteiger partial charge in [0.25, 0.3) is 0 Å². The summed E-state index contributed by atoms with van der Waals surface area (Å²) in [5.74, 6) is 0.988. The molecule has 1 aliphatic heterocycles. The smallest absolute Gasteiger partial charge is 0.152 e. The second-order valence-electron chi connectivity index (χ2n) is 6.39. The van der Waals surface area contributed by atoms with Crippen molar-refractivity contribution < 1.29 is 4.79 Å². The Hall–Kier alpha value is -2.62. The molecule has 2 aromatic carbocycles. The summed E-state index contributed by atoms with van der Waals surface area (Å²) in [5.41, 5.74) is 5.09. The number of unbranched alkanes of at least 4 members (excludes halogenated alkanes) is 1. The lowest BCUT2D eigenvalue weighted by atomic mass is 10.1. The normalized spacial score (nSPS) is 13.3. The van der Waals surface area contributed by atoms with Crippen LogP contribution in [-0.2, 0) is 6.42 Å². The Morgan fingerprint density at radius 1 is 1.28 bits per heavy atom. The molecule has 0 bridgehead atoms. The molecule has 4 heteroatoms. The van der Waals surface area contributed by atoms with Crippen LogP contribution in [0.1, 0.15) is 42.1 Å². The van der Waals surface area contributed by atoms with Gasteiger partial charge in [0.1, 0.15) is 5.84 Å². The number of rotatable bonds is 6. The molecule has 1 aliphatic rings. The van der Waals surface area contributed by atoms with Gasteiger partial charge in [-0.2, -0.15) is 0 Å². The second kappa shape index (κ2) is 7.97. The highest BCUT2D eigenvalue weighted by Crippen LogP contribution is 2.28. The lowest BCUT2D eigenvalue weighted by molar-refractivity contribution is 0.112. The quantitative estimate of drug-likeness (QED) is 0.467. The van der Waals surface area contributed by atoms with Crippen molar-refractivity contribution in [1.29, 1.82) is 0 Å².